The van der Waals surface area contributed by atoms with Gasteiger partial charge in [-0.25, -0.2) is 4.39 Å². The third kappa shape index (κ3) is 3.89. The fourth-order valence-corrected chi connectivity index (χ4v) is 1.71. The number of nitrogens with zero attached hydrogens (tertiary/aromatic N) is 1. The molecule has 0 aliphatic rings. The second-order valence-corrected chi connectivity index (χ2v) is 4.46. The van der Waals surface area contributed by atoms with Crippen LogP contribution in [0.1, 0.15) is 21.5 Å². The van der Waals surface area contributed by atoms with Gasteiger partial charge in [0, 0.05) is 11.3 Å². The van der Waals surface area contributed by atoms with Crippen molar-refractivity contribution in [1.29, 1.82) is 0 Å². The molecule has 0 heterocycles. The van der Waals surface area contributed by atoms with Crippen LogP contribution in [0.5, 0.6) is 0 Å². The summed E-state index contributed by atoms with van der Waals surface area (Å²) in [6.45, 7) is 1.67. The molecule has 0 fully saturated rings. The van der Waals surface area contributed by atoms with Crippen LogP contribution < -0.4 is 5.32 Å². The van der Waals surface area contributed by atoms with Gasteiger partial charge in [0.2, 0.25) is 0 Å². The Bertz CT molecular complexity index is 666. The van der Waals surface area contributed by atoms with Crippen LogP contribution in [-0.2, 0) is 4.84 Å². The number of amides is 1. The van der Waals surface area contributed by atoms with Gasteiger partial charge >= 0.3 is 0 Å². The first-order valence-electron chi connectivity index (χ1n) is 6.34. The smallest absolute Gasteiger partial charge is 0.255 e. The van der Waals surface area contributed by atoms with Gasteiger partial charge in [0.25, 0.3) is 5.91 Å². The van der Waals surface area contributed by atoms with Crippen molar-refractivity contribution in [3.63, 3.8) is 0 Å². The Morgan fingerprint density at radius 3 is 2.57 bits per heavy atom. The molecular formula is C16H15FN2O2. The van der Waals surface area contributed by atoms with Crippen LogP contribution in [0.15, 0.2) is 47.6 Å². The van der Waals surface area contributed by atoms with Crippen molar-refractivity contribution in [1.82, 2.24) is 0 Å². The van der Waals surface area contributed by atoms with Gasteiger partial charge in [-0.3, -0.25) is 4.79 Å². The van der Waals surface area contributed by atoms with Gasteiger partial charge < -0.3 is 10.2 Å². The molecule has 0 spiro atoms. The van der Waals surface area contributed by atoms with E-state index in [4.69, 9.17) is 0 Å². The number of oxime groups is 1. The molecule has 0 saturated carbocycles. The van der Waals surface area contributed by atoms with Crippen molar-refractivity contribution in [2.45, 2.75) is 6.92 Å². The van der Waals surface area contributed by atoms with E-state index >= 15 is 0 Å². The number of benzene rings is 2. The Balaban J connectivity index is 2.09. The van der Waals surface area contributed by atoms with Crippen molar-refractivity contribution in [2.24, 2.45) is 5.16 Å². The van der Waals surface area contributed by atoms with Gasteiger partial charge in [-0.05, 0) is 42.3 Å². The molecule has 0 radical (unpaired) electrons. The molecule has 21 heavy (non-hydrogen) atoms. The largest absolute Gasteiger partial charge is 0.399 e. The van der Waals surface area contributed by atoms with E-state index < -0.39 is 0 Å². The standard InChI is InChI=1S/C16H15FN2O2/c1-11-3-8-14(9-15(11)17)19-16(20)13-6-4-12(5-7-13)10-18-21-2/h3-10H,1-2H3,(H,19,20)/b18-10+. The first-order chi connectivity index (χ1) is 10.1. The normalized spacial score (nSPS) is 10.6. The van der Waals surface area contributed by atoms with Gasteiger partial charge in [0.1, 0.15) is 12.9 Å². The van der Waals surface area contributed by atoms with E-state index in [2.05, 4.69) is 15.3 Å². The van der Waals surface area contributed by atoms with E-state index in [-0.39, 0.29) is 11.7 Å². The lowest BCUT2D eigenvalue weighted by Gasteiger charge is -2.06. The Labute approximate surface area is 122 Å². The first-order valence-corrected chi connectivity index (χ1v) is 6.34. The molecule has 0 aromatic heterocycles. The molecule has 2 aromatic carbocycles. The summed E-state index contributed by atoms with van der Waals surface area (Å²) in [5.41, 5.74) is 2.25. The first kappa shape index (κ1) is 14.7. The lowest BCUT2D eigenvalue weighted by atomic mass is 10.1. The Kier molecular flexibility index (Phi) is 4.66. The maximum Gasteiger partial charge on any atom is 0.255 e. The molecule has 0 atom stereocenters. The number of hydrogen-bond acceptors (Lipinski definition) is 3. The van der Waals surface area contributed by atoms with E-state index in [9.17, 15) is 9.18 Å². The molecule has 2 aromatic rings. The lowest BCUT2D eigenvalue weighted by molar-refractivity contribution is 0.102. The van der Waals surface area contributed by atoms with Crippen LogP contribution in [0.25, 0.3) is 0 Å². The van der Waals surface area contributed by atoms with Gasteiger partial charge in [0.15, 0.2) is 0 Å². The van der Waals surface area contributed by atoms with Gasteiger partial charge in [-0.1, -0.05) is 23.4 Å². The summed E-state index contributed by atoms with van der Waals surface area (Å²) in [4.78, 5) is 16.6. The lowest BCUT2D eigenvalue weighted by Crippen LogP contribution is -2.12. The Hall–Kier alpha value is -2.69. The monoisotopic (exact) mass is 286 g/mol. The van der Waals surface area contributed by atoms with Crippen LogP contribution in [-0.4, -0.2) is 19.2 Å². The number of nitrogens with one attached hydrogen (secondary N) is 1. The minimum Gasteiger partial charge on any atom is -0.399 e. The number of anilines is 1. The molecule has 0 unspecified atom stereocenters. The minimum atomic E-state index is -0.348. The van der Waals surface area contributed by atoms with Crippen molar-refractivity contribution in [3.05, 3.63) is 65.0 Å². The zero-order valence-corrected chi connectivity index (χ0v) is 11.8. The predicted octanol–water partition coefficient (Wildman–Crippen LogP) is 3.37. The highest BCUT2D eigenvalue weighted by molar-refractivity contribution is 6.04. The zero-order valence-electron chi connectivity index (χ0n) is 11.8. The van der Waals surface area contributed by atoms with E-state index in [1.807, 2.05) is 0 Å². The minimum absolute atomic E-state index is 0.298. The summed E-state index contributed by atoms with van der Waals surface area (Å²) in [5.74, 6) is -0.646. The summed E-state index contributed by atoms with van der Waals surface area (Å²) in [6, 6.07) is 11.4. The molecule has 2 rings (SSSR count). The van der Waals surface area contributed by atoms with Crippen LogP contribution in [0.3, 0.4) is 0 Å². The van der Waals surface area contributed by atoms with Crippen molar-refractivity contribution < 1.29 is 14.0 Å². The van der Waals surface area contributed by atoms with Gasteiger partial charge in [-0.2, -0.15) is 0 Å². The SMILES string of the molecule is CO/N=C/c1ccc(C(=O)Nc2ccc(C)c(F)c2)cc1. The maximum absolute atomic E-state index is 13.4. The third-order valence-corrected chi connectivity index (χ3v) is 2.91. The molecule has 1 amide bonds. The molecule has 108 valence electrons. The van der Waals surface area contributed by atoms with E-state index in [1.54, 1.807) is 43.3 Å². The second-order valence-electron chi connectivity index (χ2n) is 4.46. The number of halogens is 1. The van der Waals surface area contributed by atoms with Crippen molar-refractivity contribution in [3.8, 4) is 0 Å². The van der Waals surface area contributed by atoms with Crippen molar-refractivity contribution >= 4 is 17.8 Å². The van der Waals surface area contributed by atoms with Crippen LogP contribution in [0.4, 0.5) is 10.1 Å². The fraction of sp³-hybridized carbons (Fsp3) is 0.125. The zero-order chi connectivity index (χ0) is 15.2. The summed E-state index contributed by atoms with van der Waals surface area (Å²) in [7, 11) is 1.46. The highest BCUT2D eigenvalue weighted by Crippen LogP contribution is 2.15. The predicted molar refractivity (Wildman–Crippen MR) is 80.1 cm³/mol. The average Bonchev–Trinajstić information content (AvgIpc) is 2.49. The number of carbonyl (C=O) groups excluding carboxylic acids is 1. The molecule has 0 aliphatic carbocycles. The quantitative estimate of drug-likeness (QED) is 0.692. The van der Waals surface area contributed by atoms with E-state index in [0.29, 0.717) is 16.8 Å². The second kappa shape index (κ2) is 6.65. The van der Waals surface area contributed by atoms with E-state index in [0.717, 1.165) is 5.56 Å². The average molecular weight is 286 g/mol. The summed E-state index contributed by atoms with van der Waals surface area (Å²) >= 11 is 0. The topological polar surface area (TPSA) is 50.7 Å². The van der Waals surface area contributed by atoms with Gasteiger partial charge in [0.05, 0.1) is 6.21 Å². The summed E-state index contributed by atoms with van der Waals surface area (Å²) in [6.07, 6.45) is 1.54. The number of carbonyl (C=O) groups is 1. The number of hydrogen-bond donors (Lipinski definition) is 1. The molecule has 5 heteroatoms. The molecule has 0 bridgehead atoms. The highest BCUT2D eigenvalue weighted by atomic mass is 19.1. The van der Waals surface area contributed by atoms with Crippen molar-refractivity contribution in [2.75, 3.05) is 12.4 Å². The fourth-order valence-electron chi connectivity index (χ4n) is 1.71. The Morgan fingerprint density at radius 1 is 1.24 bits per heavy atom. The maximum atomic E-state index is 13.4. The molecule has 1 N–H and O–H groups in total. The number of rotatable bonds is 4. The molecule has 0 saturated heterocycles. The van der Waals surface area contributed by atoms with Crippen LogP contribution >= 0.6 is 0 Å². The van der Waals surface area contributed by atoms with Crippen LogP contribution in [0, 0.1) is 12.7 Å². The molecule has 4 nitrogen and oxygen atoms in total. The summed E-state index contributed by atoms with van der Waals surface area (Å²) in [5, 5.41) is 6.29. The number of aryl methyl sites for hydroxylation is 1. The van der Waals surface area contributed by atoms with Crippen LogP contribution in [0.2, 0.25) is 0 Å². The Morgan fingerprint density at radius 2 is 1.95 bits per heavy atom. The highest BCUT2D eigenvalue weighted by Gasteiger charge is 2.07. The molecule has 0 aliphatic heterocycles. The van der Waals surface area contributed by atoms with E-state index in [1.165, 1.54) is 19.4 Å². The third-order valence-electron chi connectivity index (χ3n) is 2.91. The summed E-state index contributed by atoms with van der Waals surface area (Å²) < 4.78 is 13.4. The molecular weight excluding hydrogens is 271 g/mol. The van der Waals surface area contributed by atoms with Gasteiger partial charge in [-0.15, -0.1) is 0 Å².